The van der Waals surface area contributed by atoms with Crippen LogP contribution < -0.4 is 0 Å². The number of benzene rings is 1. The number of nitrogens with zero attached hydrogens (tertiary/aromatic N) is 5. The summed E-state index contributed by atoms with van der Waals surface area (Å²) in [7, 11) is 0. The number of hydrogen-bond acceptors (Lipinski definition) is 5. The van der Waals surface area contributed by atoms with E-state index < -0.39 is 0 Å². The highest BCUT2D eigenvalue weighted by Gasteiger charge is 2.13. The van der Waals surface area contributed by atoms with E-state index in [2.05, 4.69) is 39.9 Å². The molecule has 0 fully saturated rings. The van der Waals surface area contributed by atoms with Crippen molar-refractivity contribution in [3.8, 4) is 6.07 Å². The molecule has 0 saturated heterocycles. The van der Waals surface area contributed by atoms with Crippen molar-refractivity contribution >= 4 is 33.8 Å². The standard InChI is InChI=1S/C16H17N5S/c1-2-10-21-13-8-4-3-7-12(13)14-15(21)18-16(20-19-14)22-11-6-5-9-17/h3-4,7-8H,2,5-6,10-11H2,1H3. The van der Waals surface area contributed by atoms with Crippen molar-refractivity contribution < 1.29 is 0 Å². The molecule has 3 aromatic rings. The Hall–Kier alpha value is -2.13. The number of rotatable bonds is 6. The Morgan fingerprint density at radius 1 is 1.27 bits per heavy atom. The van der Waals surface area contributed by atoms with Gasteiger partial charge in [0.15, 0.2) is 5.65 Å². The number of hydrogen-bond donors (Lipinski definition) is 0. The zero-order valence-electron chi connectivity index (χ0n) is 12.5. The Balaban J connectivity index is 2.01. The van der Waals surface area contributed by atoms with Gasteiger partial charge in [-0.1, -0.05) is 36.9 Å². The number of fused-ring (bicyclic) bond motifs is 3. The fourth-order valence-corrected chi connectivity index (χ4v) is 3.24. The highest BCUT2D eigenvalue weighted by molar-refractivity contribution is 7.99. The lowest BCUT2D eigenvalue weighted by Gasteiger charge is -2.04. The molecule has 1 aromatic carbocycles. The monoisotopic (exact) mass is 311 g/mol. The van der Waals surface area contributed by atoms with Crippen molar-refractivity contribution in [1.29, 1.82) is 5.26 Å². The molecule has 5 nitrogen and oxygen atoms in total. The lowest BCUT2D eigenvalue weighted by atomic mass is 10.2. The maximum Gasteiger partial charge on any atom is 0.211 e. The number of unbranched alkanes of at least 4 members (excludes halogenated alkanes) is 1. The average Bonchev–Trinajstić information content (AvgIpc) is 2.86. The third kappa shape index (κ3) is 2.77. The Labute approximate surface area is 133 Å². The van der Waals surface area contributed by atoms with Gasteiger partial charge in [-0.2, -0.15) is 5.26 Å². The second kappa shape index (κ2) is 6.75. The van der Waals surface area contributed by atoms with Crippen LogP contribution in [-0.4, -0.2) is 25.5 Å². The maximum absolute atomic E-state index is 8.57. The normalized spacial score (nSPS) is 11.1. The number of thioether (sulfide) groups is 1. The van der Waals surface area contributed by atoms with Crippen molar-refractivity contribution in [2.45, 2.75) is 37.9 Å². The molecule has 3 rings (SSSR count). The van der Waals surface area contributed by atoms with Gasteiger partial charge in [0.1, 0.15) is 5.52 Å². The number of nitriles is 1. The first-order valence-corrected chi connectivity index (χ1v) is 8.45. The van der Waals surface area contributed by atoms with E-state index in [1.807, 2.05) is 12.1 Å². The van der Waals surface area contributed by atoms with E-state index in [1.165, 1.54) is 0 Å². The molecule has 0 spiro atoms. The minimum absolute atomic E-state index is 0.568. The fourth-order valence-electron chi connectivity index (χ4n) is 2.52. The molecule has 2 aromatic heterocycles. The summed E-state index contributed by atoms with van der Waals surface area (Å²) in [6.07, 6.45) is 2.46. The van der Waals surface area contributed by atoms with Crippen molar-refractivity contribution in [1.82, 2.24) is 19.7 Å². The van der Waals surface area contributed by atoms with Crippen LogP contribution >= 0.6 is 11.8 Å². The Bertz CT molecular complexity index is 834. The third-order valence-corrected chi connectivity index (χ3v) is 4.39. The zero-order valence-corrected chi connectivity index (χ0v) is 13.3. The average molecular weight is 311 g/mol. The number of para-hydroxylation sites is 1. The summed E-state index contributed by atoms with van der Waals surface area (Å²) >= 11 is 1.56. The van der Waals surface area contributed by atoms with Crippen LogP contribution in [-0.2, 0) is 6.54 Å². The Morgan fingerprint density at radius 2 is 2.14 bits per heavy atom. The predicted molar refractivity (Wildman–Crippen MR) is 88.7 cm³/mol. The molecule has 22 heavy (non-hydrogen) atoms. The van der Waals surface area contributed by atoms with Gasteiger partial charge < -0.3 is 4.57 Å². The lowest BCUT2D eigenvalue weighted by molar-refractivity contribution is 0.709. The molecule has 2 heterocycles. The first kappa shape index (κ1) is 14.8. The molecule has 0 N–H and O–H groups in total. The fraction of sp³-hybridized carbons (Fsp3) is 0.375. The topological polar surface area (TPSA) is 67.4 Å². The molecule has 0 unspecified atom stereocenters. The second-order valence-corrected chi connectivity index (χ2v) is 6.11. The Morgan fingerprint density at radius 3 is 2.95 bits per heavy atom. The number of aromatic nitrogens is 4. The van der Waals surface area contributed by atoms with E-state index in [-0.39, 0.29) is 0 Å². The van der Waals surface area contributed by atoms with Crippen LogP contribution in [0.15, 0.2) is 29.4 Å². The molecule has 0 aliphatic carbocycles. The van der Waals surface area contributed by atoms with E-state index in [0.29, 0.717) is 11.6 Å². The van der Waals surface area contributed by atoms with E-state index in [0.717, 1.165) is 47.2 Å². The van der Waals surface area contributed by atoms with Gasteiger partial charge in [-0.05, 0) is 18.9 Å². The highest BCUT2D eigenvalue weighted by Crippen LogP contribution is 2.27. The minimum atomic E-state index is 0.568. The Kier molecular flexibility index (Phi) is 4.54. The van der Waals surface area contributed by atoms with E-state index >= 15 is 0 Å². The van der Waals surface area contributed by atoms with Gasteiger partial charge >= 0.3 is 0 Å². The molecular weight excluding hydrogens is 294 g/mol. The summed E-state index contributed by atoms with van der Waals surface area (Å²) in [5.74, 6) is 0.842. The van der Waals surface area contributed by atoms with Gasteiger partial charge in [0.25, 0.3) is 0 Å². The molecule has 112 valence electrons. The van der Waals surface area contributed by atoms with Crippen LogP contribution in [0.25, 0.3) is 22.1 Å². The summed E-state index contributed by atoms with van der Waals surface area (Å²) in [6.45, 7) is 3.08. The lowest BCUT2D eigenvalue weighted by Crippen LogP contribution is -2.00. The molecule has 0 saturated carbocycles. The molecule has 6 heteroatoms. The van der Waals surface area contributed by atoms with Crippen molar-refractivity contribution in [2.24, 2.45) is 0 Å². The smallest absolute Gasteiger partial charge is 0.211 e. The second-order valence-electron chi connectivity index (χ2n) is 5.05. The molecule has 0 aliphatic heterocycles. The van der Waals surface area contributed by atoms with Gasteiger partial charge in [0.2, 0.25) is 5.16 Å². The summed E-state index contributed by atoms with van der Waals surface area (Å²) < 4.78 is 2.22. The quantitative estimate of drug-likeness (QED) is 0.512. The summed E-state index contributed by atoms with van der Waals surface area (Å²) in [5.41, 5.74) is 2.93. The molecule has 0 atom stereocenters. The first-order chi connectivity index (χ1) is 10.8. The third-order valence-electron chi connectivity index (χ3n) is 3.47. The minimum Gasteiger partial charge on any atom is -0.324 e. The van der Waals surface area contributed by atoms with Crippen molar-refractivity contribution in [3.63, 3.8) is 0 Å². The number of aryl methyl sites for hydroxylation is 1. The molecule has 0 amide bonds. The van der Waals surface area contributed by atoms with Gasteiger partial charge in [0, 0.05) is 24.1 Å². The first-order valence-electron chi connectivity index (χ1n) is 7.46. The largest absolute Gasteiger partial charge is 0.324 e. The maximum atomic E-state index is 8.57. The molecule has 0 aliphatic rings. The predicted octanol–water partition coefficient (Wildman–Crippen LogP) is 3.79. The van der Waals surface area contributed by atoms with E-state index in [1.54, 1.807) is 11.8 Å². The van der Waals surface area contributed by atoms with Gasteiger partial charge in [-0.25, -0.2) is 4.98 Å². The van der Waals surface area contributed by atoms with Crippen LogP contribution in [0, 0.1) is 11.3 Å². The van der Waals surface area contributed by atoms with E-state index in [4.69, 9.17) is 10.2 Å². The summed E-state index contributed by atoms with van der Waals surface area (Å²) in [4.78, 5) is 4.70. The van der Waals surface area contributed by atoms with Crippen LogP contribution in [0.3, 0.4) is 0 Å². The van der Waals surface area contributed by atoms with Crippen LogP contribution in [0.2, 0.25) is 0 Å². The molecular formula is C16H17N5S. The summed E-state index contributed by atoms with van der Waals surface area (Å²) in [5, 5.41) is 19.0. The van der Waals surface area contributed by atoms with E-state index in [9.17, 15) is 0 Å². The SMILES string of the molecule is CCCn1c2ccccc2c2nnc(SCCCC#N)nc21. The van der Waals surface area contributed by atoms with Crippen molar-refractivity contribution in [3.05, 3.63) is 24.3 Å². The van der Waals surface area contributed by atoms with Gasteiger partial charge in [0.05, 0.1) is 11.6 Å². The van der Waals surface area contributed by atoms with Gasteiger partial charge in [-0.15, -0.1) is 10.2 Å². The molecule has 0 radical (unpaired) electrons. The van der Waals surface area contributed by atoms with Crippen LogP contribution in [0.5, 0.6) is 0 Å². The van der Waals surface area contributed by atoms with Gasteiger partial charge in [-0.3, -0.25) is 0 Å². The van der Waals surface area contributed by atoms with Crippen LogP contribution in [0.4, 0.5) is 0 Å². The summed E-state index contributed by atoms with van der Waals surface area (Å²) in [6, 6.07) is 10.4. The van der Waals surface area contributed by atoms with Crippen molar-refractivity contribution in [2.75, 3.05) is 5.75 Å². The zero-order chi connectivity index (χ0) is 15.4. The van der Waals surface area contributed by atoms with Crippen LogP contribution in [0.1, 0.15) is 26.2 Å². The highest BCUT2D eigenvalue weighted by atomic mass is 32.2. The molecule has 0 bridgehead atoms.